The van der Waals surface area contributed by atoms with Crippen LogP contribution < -0.4 is 0 Å². The number of carboxylic acid groups (broad SMARTS) is 1. The lowest BCUT2D eigenvalue weighted by atomic mass is 10.0. The molecule has 3 aromatic rings. The van der Waals surface area contributed by atoms with Gasteiger partial charge in [-0.25, -0.2) is 9.78 Å². The van der Waals surface area contributed by atoms with E-state index in [9.17, 15) is 9.59 Å². The number of carboxylic acids is 1. The van der Waals surface area contributed by atoms with Gasteiger partial charge in [0.25, 0.3) is 0 Å². The second-order valence-electron chi connectivity index (χ2n) is 4.35. The quantitative estimate of drug-likeness (QED) is 0.713. The maximum Gasteiger partial charge on any atom is 0.335 e. The van der Waals surface area contributed by atoms with E-state index in [4.69, 9.17) is 5.11 Å². The minimum absolute atomic E-state index is 0.0958. The van der Waals surface area contributed by atoms with E-state index >= 15 is 0 Å². The number of aromatic carboxylic acids is 1. The molecule has 0 saturated heterocycles. The first-order valence-corrected chi connectivity index (χ1v) is 5.96. The number of rotatable bonds is 3. The molecule has 0 unspecified atom stereocenters. The largest absolute Gasteiger partial charge is 0.478 e. The van der Waals surface area contributed by atoms with Crippen LogP contribution in [0.1, 0.15) is 26.3 Å². The fraction of sp³-hybridized carbons (Fsp3) is 0. The lowest BCUT2D eigenvalue weighted by Gasteiger charge is -2.02. The summed E-state index contributed by atoms with van der Waals surface area (Å²) in [5, 5.41) is 8.95. The van der Waals surface area contributed by atoms with Gasteiger partial charge in [0.1, 0.15) is 0 Å². The zero-order valence-electron chi connectivity index (χ0n) is 10.3. The summed E-state index contributed by atoms with van der Waals surface area (Å²) < 4.78 is 0. The van der Waals surface area contributed by atoms with Crippen LogP contribution in [0, 0.1) is 0 Å². The summed E-state index contributed by atoms with van der Waals surface area (Å²) in [4.78, 5) is 30.3. The SMILES string of the molecule is O=C(O)c1cccc(C(=O)c2ccc3nc[nH]c3c2)c1. The van der Waals surface area contributed by atoms with E-state index in [1.807, 2.05) is 0 Å². The Morgan fingerprint density at radius 1 is 1.00 bits per heavy atom. The van der Waals surface area contributed by atoms with Crippen molar-refractivity contribution in [2.75, 3.05) is 0 Å². The maximum absolute atomic E-state index is 12.4. The van der Waals surface area contributed by atoms with E-state index in [-0.39, 0.29) is 11.3 Å². The van der Waals surface area contributed by atoms with E-state index in [1.54, 1.807) is 36.7 Å². The summed E-state index contributed by atoms with van der Waals surface area (Å²) in [7, 11) is 0. The van der Waals surface area contributed by atoms with Crippen LogP contribution in [-0.4, -0.2) is 26.8 Å². The van der Waals surface area contributed by atoms with Crippen LogP contribution in [0.15, 0.2) is 48.8 Å². The van der Waals surface area contributed by atoms with Crippen molar-refractivity contribution in [2.24, 2.45) is 0 Å². The zero-order chi connectivity index (χ0) is 14.1. The van der Waals surface area contributed by atoms with Gasteiger partial charge in [-0.3, -0.25) is 4.79 Å². The Morgan fingerprint density at radius 2 is 1.75 bits per heavy atom. The third-order valence-electron chi connectivity index (χ3n) is 3.05. The van der Waals surface area contributed by atoms with Crippen molar-refractivity contribution in [3.8, 4) is 0 Å². The molecule has 0 fully saturated rings. The summed E-state index contributed by atoms with van der Waals surface area (Å²) in [5.41, 5.74) is 2.48. The van der Waals surface area contributed by atoms with Crippen molar-refractivity contribution < 1.29 is 14.7 Å². The number of ketones is 1. The highest BCUT2D eigenvalue weighted by atomic mass is 16.4. The molecule has 0 radical (unpaired) electrons. The first kappa shape index (κ1) is 12.1. The predicted octanol–water partition coefficient (Wildman–Crippen LogP) is 2.49. The number of H-pyrrole nitrogens is 1. The number of aromatic nitrogens is 2. The number of nitrogens with one attached hydrogen (secondary N) is 1. The first-order valence-electron chi connectivity index (χ1n) is 5.96. The van der Waals surface area contributed by atoms with Crippen LogP contribution in [0.5, 0.6) is 0 Å². The lowest BCUT2D eigenvalue weighted by Crippen LogP contribution is -2.04. The van der Waals surface area contributed by atoms with Crippen LogP contribution in [-0.2, 0) is 0 Å². The molecule has 5 nitrogen and oxygen atoms in total. The van der Waals surface area contributed by atoms with Crippen LogP contribution in [0.25, 0.3) is 11.0 Å². The van der Waals surface area contributed by atoms with Crippen LogP contribution in [0.3, 0.4) is 0 Å². The molecule has 3 rings (SSSR count). The maximum atomic E-state index is 12.4. The fourth-order valence-corrected chi connectivity index (χ4v) is 2.04. The molecule has 0 aliphatic heterocycles. The molecule has 5 heteroatoms. The number of carbonyl (C=O) groups is 2. The Hall–Kier alpha value is -2.95. The normalized spacial score (nSPS) is 10.6. The fourth-order valence-electron chi connectivity index (χ4n) is 2.04. The van der Waals surface area contributed by atoms with Crippen molar-refractivity contribution in [3.63, 3.8) is 0 Å². The molecule has 0 saturated carbocycles. The van der Waals surface area contributed by atoms with Gasteiger partial charge in [0.05, 0.1) is 22.9 Å². The number of hydrogen-bond donors (Lipinski definition) is 2. The second kappa shape index (κ2) is 4.62. The summed E-state index contributed by atoms with van der Waals surface area (Å²) in [5.74, 6) is -1.27. The smallest absolute Gasteiger partial charge is 0.335 e. The Kier molecular flexibility index (Phi) is 2.80. The Balaban J connectivity index is 2.03. The lowest BCUT2D eigenvalue weighted by molar-refractivity contribution is 0.0697. The number of hydrogen-bond acceptors (Lipinski definition) is 3. The van der Waals surface area contributed by atoms with E-state index in [2.05, 4.69) is 9.97 Å². The minimum atomic E-state index is -1.05. The van der Waals surface area contributed by atoms with Crippen LogP contribution in [0.4, 0.5) is 0 Å². The number of nitrogens with zero attached hydrogens (tertiary/aromatic N) is 1. The van der Waals surface area contributed by atoms with Crippen molar-refractivity contribution in [3.05, 3.63) is 65.5 Å². The van der Waals surface area contributed by atoms with Gasteiger partial charge in [-0.2, -0.15) is 0 Å². The molecule has 0 bridgehead atoms. The molecular weight excluding hydrogens is 256 g/mol. The van der Waals surface area contributed by atoms with E-state index in [1.165, 1.54) is 12.1 Å². The van der Waals surface area contributed by atoms with Crippen molar-refractivity contribution in [1.29, 1.82) is 0 Å². The average molecular weight is 266 g/mol. The minimum Gasteiger partial charge on any atom is -0.478 e. The molecule has 20 heavy (non-hydrogen) atoms. The molecule has 0 aliphatic carbocycles. The number of fused-ring (bicyclic) bond motifs is 1. The van der Waals surface area contributed by atoms with E-state index in [0.717, 1.165) is 11.0 Å². The standard InChI is InChI=1S/C15H10N2O3/c18-14(9-2-1-3-11(6-9)15(19)20)10-4-5-12-13(7-10)17-8-16-12/h1-8H,(H,16,17)(H,19,20). The zero-order valence-corrected chi connectivity index (χ0v) is 10.3. The molecule has 2 aromatic carbocycles. The Labute approximate surface area is 113 Å². The van der Waals surface area contributed by atoms with Gasteiger partial charge in [-0.1, -0.05) is 12.1 Å². The molecular formula is C15H10N2O3. The highest BCUT2D eigenvalue weighted by molar-refractivity contribution is 6.11. The van der Waals surface area contributed by atoms with Crippen LogP contribution >= 0.6 is 0 Å². The van der Waals surface area contributed by atoms with E-state index in [0.29, 0.717) is 11.1 Å². The third-order valence-corrected chi connectivity index (χ3v) is 3.05. The molecule has 1 aromatic heterocycles. The summed E-state index contributed by atoms with van der Waals surface area (Å²) in [6, 6.07) is 11.1. The number of imidazole rings is 1. The molecule has 1 heterocycles. The molecule has 2 N–H and O–H groups in total. The highest BCUT2D eigenvalue weighted by Gasteiger charge is 2.12. The first-order chi connectivity index (χ1) is 9.65. The molecule has 0 spiro atoms. The van der Waals surface area contributed by atoms with Gasteiger partial charge in [0.15, 0.2) is 5.78 Å². The van der Waals surface area contributed by atoms with Crippen LogP contribution in [0.2, 0.25) is 0 Å². The van der Waals surface area contributed by atoms with Gasteiger partial charge in [0.2, 0.25) is 0 Å². The Bertz CT molecular complexity index is 821. The Morgan fingerprint density at radius 3 is 2.55 bits per heavy atom. The molecule has 0 aliphatic rings. The topological polar surface area (TPSA) is 83.0 Å². The number of carbonyl (C=O) groups excluding carboxylic acids is 1. The van der Waals surface area contributed by atoms with Crippen molar-refractivity contribution in [2.45, 2.75) is 0 Å². The average Bonchev–Trinajstić information content (AvgIpc) is 2.94. The highest BCUT2D eigenvalue weighted by Crippen LogP contribution is 2.16. The van der Waals surface area contributed by atoms with Gasteiger partial charge in [-0.05, 0) is 30.3 Å². The number of benzene rings is 2. The summed E-state index contributed by atoms with van der Waals surface area (Å²) >= 11 is 0. The predicted molar refractivity (Wildman–Crippen MR) is 72.9 cm³/mol. The van der Waals surface area contributed by atoms with Gasteiger partial charge in [0, 0.05) is 11.1 Å². The summed E-state index contributed by atoms with van der Waals surface area (Å²) in [6.45, 7) is 0. The molecule has 0 amide bonds. The van der Waals surface area contributed by atoms with Gasteiger partial charge in [-0.15, -0.1) is 0 Å². The van der Waals surface area contributed by atoms with Gasteiger partial charge < -0.3 is 10.1 Å². The van der Waals surface area contributed by atoms with Gasteiger partial charge >= 0.3 is 5.97 Å². The summed E-state index contributed by atoms with van der Waals surface area (Å²) in [6.07, 6.45) is 1.56. The van der Waals surface area contributed by atoms with Crippen molar-refractivity contribution >= 4 is 22.8 Å². The second-order valence-corrected chi connectivity index (χ2v) is 4.35. The third kappa shape index (κ3) is 2.05. The molecule has 98 valence electrons. The monoisotopic (exact) mass is 266 g/mol. The van der Waals surface area contributed by atoms with E-state index < -0.39 is 5.97 Å². The van der Waals surface area contributed by atoms with Crippen molar-refractivity contribution in [1.82, 2.24) is 9.97 Å². The molecule has 0 atom stereocenters. The number of aromatic amines is 1.